The standard InChI is InChI=1S/C19H28N2O2.C2H2O4/c1-15-7-9-16(10-8-15)20-11-13-21(14-12-20)19(22)17-5-3-4-6-18(17)23-2;3-1(4)2(5)6/h3-6,15-16H,7-14H2,1-2H3;(H,3,4)(H,5,6). The Bertz CT molecular complexity index is 695. The summed E-state index contributed by atoms with van der Waals surface area (Å²) in [6, 6.07) is 8.24. The zero-order valence-corrected chi connectivity index (χ0v) is 17.0. The first-order valence-corrected chi connectivity index (χ1v) is 9.96. The van der Waals surface area contributed by atoms with Crippen LogP contribution in [0.1, 0.15) is 43.0 Å². The van der Waals surface area contributed by atoms with Crippen LogP contribution in [0.15, 0.2) is 24.3 Å². The Balaban J connectivity index is 0.000000438. The fourth-order valence-corrected chi connectivity index (χ4v) is 3.89. The highest BCUT2D eigenvalue weighted by Crippen LogP contribution is 2.28. The number of carboxylic acids is 2. The van der Waals surface area contributed by atoms with E-state index in [2.05, 4.69) is 11.8 Å². The van der Waals surface area contributed by atoms with Crippen molar-refractivity contribution in [2.45, 2.75) is 38.6 Å². The SMILES string of the molecule is COc1ccccc1C(=O)N1CCN(C2CCC(C)CC2)CC1.O=C(O)C(=O)O. The van der Waals surface area contributed by atoms with E-state index in [1.165, 1.54) is 25.7 Å². The molecule has 0 atom stereocenters. The number of hydrogen-bond acceptors (Lipinski definition) is 5. The average Bonchev–Trinajstić information content (AvgIpc) is 2.74. The lowest BCUT2D eigenvalue weighted by molar-refractivity contribution is -0.159. The van der Waals surface area contributed by atoms with Crippen LogP contribution in [0.3, 0.4) is 0 Å². The lowest BCUT2D eigenvalue weighted by atomic mass is 9.86. The second-order valence-electron chi connectivity index (χ2n) is 7.55. The molecule has 160 valence electrons. The summed E-state index contributed by atoms with van der Waals surface area (Å²) in [5.74, 6) is -2.00. The van der Waals surface area contributed by atoms with Gasteiger partial charge >= 0.3 is 11.9 Å². The second-order valence-corrected chi connectivity index (χ2v) is 7.55. The maximum atomic E-state index is 12.7. The minimum atomic E-state index is -1.82. The van der Waals surface area contributed by atoms with Crippen LogP contribution in [-0.2, 0) is 9.59 Å². The predicted molar refractivity (Wildman–Crippen MR) is 107 cm³/mol. The van der Waals surface area contributed by atoms with Gasteiger partial charge in [0.15, 0.2) is 0 Å². The molecule has 0 bridgehead atoms. The highest BCUT2D eigenvalue weighted by Gasteiger charge is 2.29. The lowest BCUT2D eigenvalue weighted by Crippen LogP contribution is -2.52. The molecule has 2 fully saturated rings. The Morgan fingerprint density at radius 1 is 0.931 bits per heavy atom. The van der Waals surface area contributed by atoms with E-state index < -0.39 is 11.9 Å². The first-order valence-electron chi connectivity index (χ1n) is 9.96. The monoisotopic (exact) mass is 406 g/mol. The molecule has 2 aliphatic rings. The second kappa shape index (κ2) is 10.8. The lowest BCUT2D eigenvalue weighted by Gasteiger charge is -2.41. The molecule has 29 heavy (non-hydrogen) atoms. The number of hydrogen-bond donors (Lipinski definition) is 2. The molecular formula is C21H30N2O6. The number of methoxy groups -OCH3 is 1. The summed E-state index contributed by atoms with van der Waals surface area (Å²) >= 11 is 0. The van der Waals surface area contributed by atoms with Crippen molar-refractivity contribution in [1.29, 1.82) is 0 Å². The van der Waals surface area contributed by atoms with E-state index in [1.54, 1.807) is 7.11 Å². The van der Waals surface area contributed by atoms with Gasteiger partial charge in [0.05, 0.1) is 12.7 Å². The minimum absolute atomic E-state index is 0.0966. The van der Waals surface area contributed by atoms with E-state index in [0.29, 0.717) is 11.3 Å². The molecule has 1 aliphatic heterocycles. The fourth-order valence-electron chi connectivity index (χ4n) is 3.89. The van der Waals surface area contributed by atoms with Gasteiger partial charge in [-0.05, 0) is 43.7 Å². The van der Waals surface area contributed by atoms with Gasteiger partial charge in [0.2, 0.25) is 0 Å². The summed E-state index contributed by atoms with van der Waals surface area (Å²) in [5.41, 5.74) is 0.676. The van der Waals surface area contributed by atoms with Gasteiger partial charge in [-0.3, -0.25) is 9.69 Å². The third-order valence-corrected chi connectivity index (χ3v) is 5.62. The van der Waals surface area contributed by atoms with Gasteiger partial charge in [-0.1, -0.05) is 19.1 Å². The van der Waals surface area contributed by atoms with Gasteiger partial charge in [-0.2, -0.15) is 0 Å². The highest BCUT2D eigenvalue weighted by molar-refractivity contribution is 6.27. The number of piperazine rings is 1. The van der Waals surface area contributed by atoms with Gasteiger partial charge < -0.3 is 19.8 Å². The number of nitrogens with zero attached hydrogens (tertiary/aromatic N) is 2. The molecule has 8 heteroatoms. The third-order valence-electron chi connectivity index (χ3n) is 5.62. The van der Waals surface area contributed by atoms with Crippen molar-refractivity contribution in [2.24, 2.45) is 5.92 Å². The molecule has 1 saturated carbocycles. The van der Waals surface area contributed by atoms with Crippen LogP contribution in [0, 0.1) is 5.92 Å². The van der Waals surface area contributed by atoms with Crippen molar-refractivity contribution in [3.63, 3.8) is 0 Å². The van der Waals surface area contributed by atoms with Crippen LogP contribution >= 0.6 is 0 Å². The summed E-state index contributed by atoms with van der Waals surface area (Å²) in [7, 11) is 1.62. The molecule has 1 aliphatic carbocycles. The zero-order chi connectivity index (χ0) is 21.4. The van der Waals surface area contributed by atoms with Crippen LogP contribution in [0.4, 0.5) is 0 Å². The van der Waals surface area contributed by atoms with Gasteiger partial charge in [0, 0.05) is 32.2 Å². The fraction of sp³-hybridized carbons (Fsp3) is 0.571. The van der Waals surface area contributed by atoms with Crippen LogP contribution < -0.4 is 4.74 Å². The molecule has 8 nitrogen and oxygen atoms in total. The molecule has 0 aromatic heterocycles. The van der Waals surface area contributed by atoms with Crippen molar-refractivity contribution in [2.75, 3.05) is 33.3 Å². The Hall–Kier alpha value is -2.61. The topological polar surface area (TPSA) is 107 Å². The number of para-hydroxylation sites is 1. The molecular weight excluding hydrogens is 376 g/mol. The third kappa shape index (κ3) is 6.45. The first kappa shape index (κ1) is 22.7. The average molecular weight is 406 g/mol. The van der Waals surface area contributed by atoms with E-state index in [4.69, 9.17) is 24.5 Å². The van der Waals surface area contributed by atoms with Crippen LogP contribution in [0.2, 0.25) is 0 Å². The van der Waals surface area contributed by atoms with Crippen LogP contribution in [-0.4, -0.2) is 77.2 Å². The summed E-state index contributed by atoms with van der Waals surface area (Å²) in [6.07, 6.45) is 5.35. The van der Waals surface area contributed by atoms with E-state index in [9.17, 15) is 4.79 Å². The molecule has 1 aromatic carbocycles. The summed E-state index contributed by atoms with van der Waals surface area (Å²) in [6.45, 7) is 6.01. The maximum Gasteiger partial charge on any atom is 0.414 e. The molecule has 1 heterocycles. The number of ether oxygens (including phenoxy) is 1. The predicted octanol–water partition coefficient (Wildman–Crippen LogP) is 2.19. The summed E-state index contributed by atoms with van der Waals surface area (Å²) in [4.78, 5) is 35.5. The molecule has 1 saturated heterocycles. The number of benzene rings is 1. The molecule has 3 rings (SSSR count). The van der Waals surface area contributed by atoms with Crippen molar-refractivity contribution in [1.82, 2.24) is 9.80 Å². The molecule has 1 amide bonds. The molecule has 0 spiro atoms. The first-order chi connectivity index (χ1) is 13.8. The number of aliphatic carboxylic acids is 2. The Morgan fingerprint density at radius 2 is 1.48 bits per heavy atom. The Kier molecular flexibility index (Phi) is 8.45. The summed E-state index contributed by atoms with van der Waals surface area (Å²) < 4.78 is 5.33. The minimum Gasteiger partial charge on any atom is -0.496 e. The molecule has 2 N–H and O–H groups in total. The van der Waals surface area contributed by atoms with Crippen molar-refractivity contribution in [3.8, 4) is 5.75 Å². The Labute approximate surface area is 171 Å². The normalized spacial score (nSPS) is 22.2. The maximum absolute atomic E-state index is 12.7. The van der Waals surface area contributed by atoms with E-state index >= 15 is 0 Å². The van der Waals surface area contributed by atoms with E-state index in [-0.39, 0.29) is 5.91 Å². The van der Waals surface area contributed by atoms with Gasteiger partial charge in [-0.25, -0.2) is 9.59 Å². The molecule has 1 aromatic rings. The van der Waals surface area contributed by atoms with Crippen molar-refractivity contribution in [3.05, 3.63) is 29.8 Å². The molecule has 0 radical (unpaired) electrons. The van der Waals surface area contributed by atoms with Crippen LogP contribution in [0.25, 0.3) is 0 Å². The quantitative estimate of drug-likeness (QED) is 0.741. The van der Waals surface area contributed by atoms with Gasteiger partial charge in [0.1, 0.15) is 5.75 Å². The van der Waals surface area contributed by atoms with Gasteiger partial charge in [-0.15, -0.1) is 0 Å². The molecule has 0 unspecified atom stereocenters. The van der Waals surface area contributed by atoms with E-state index in [0.717, 1.165) is 38.1 Å². The number of carbonyl (C=O) groups excluding carboxylic acids is 1. The number of amides is 1. The number of carboxylic acid groups (broad SMARTS) is 2. The smallest absolute Gasteiger partial charge is 0.414 e. The Morgan fingerprint density at radius 3 is 2.00 bits per heavy atom. The van der Waals surface area contributed by atoms with Crippen molar-refractivity contribution >= 4 is 17.8 Å². The number of rotatable bonds is 3. The van der Waals surface area contributed by atoms with Crippen molar-refractivity contribution < 1.29 is 29.3 Å². The highest BCUT2D eigenvalue weighted by atomic mass is 16.5. The summed E-state index contributed by atoms with van der Waals surface area (Å²) in [5, 5.41) is 14.8. The largest absolute Gasteiger partial charge is 0.496 e. The number of carbonyl (C=O) groups is 3. The zero-order valence-electron chi connectivity index (χ0n) is 17.0. The van der Waals surface area contributed by atoms with Crippen LogP contribution in [0.5, 0.6) is 5.75 Å². The van der Waals surface area contributed by atoms with Gasteiger partial charge in [0.25, 0.3) is 5.91 Å². The van der Waals surface area contributed by atoms with E-state index in [1.807, 2.05) is 29.2 Å².